The zero-order chi connectivity index (χ0) is 16.7. The van der Waals surface area contributed by atoms with Crippen molar-refractivity contribution >= 4 is 45.9 Å². The van der Waals surface area contributed by atoms with Gasteiger partial charge in [0.25, 0.3) is 0 Å². The summed E-state index contributed by atoms with van der Waals surface area (Å²) in [5.41, 5.74) is 14.8. The lowest BCUT2D eigenvalue weighted by molar-refractivity contribution is 0.445. The zero-order valence-electron chi connectivity index (χ0n) is 13.0. The predicted molar refractivity (Wildman–Crippen MR) is 97.8 cm³/mol. The Morgan fingerprint density at radius 3 is 2.71 bits per heavy atom. The summed E-state index contributed by atoms with van der Waals surface area (Å²) in [7, 11) is 0. The van der Waals surface area contributed by atoms with Gasteiger partial charge in [-0.15, -0.1) is 5.10 Å². The molecular weight excluding hydrogens is 326 g/mol. The minimum Gasteiger partial charge on any atom is -0.399 e. The van der Waals surface area contributed by atoms with Crippen LogP contribution >= 0.6 is 11.6 Å². The van der Waals surface area contributed by atoms with Gasteiger partial charge in [0, 0.05) is 28.5 Å². The molecule has 24 heavy (non-hydrogen) atoms. The van der Waals surface area contributed by atoms with Crippen molar-refractivity contribution in [2.45, 2.75) is 25.3 Å². The van der Waals surface area contributed by atoms with E-state index in [2.05, 4.69) is 20.7 Å². The molecule has 1 saturated carbocycles. The molecule has 3 aromatic rings. The van der Waals surface area contributed by atoms with E-state index in [0.717, 1.165) is 29.9 Å². The highest BCUT2D eigenvalue weighted by Crippen LogP contribution is 2.29. The summed E-state index contributed by atoms with van der Waals surface area (Å²) in [6, 6.07) is 7.69. The van der Waals surface area contributed by atoms with Crippen LogP contribution in [0.5, 0.6) is 0 Å². The fourth-order valence-electron chi connectivity index (χ4n) is 2.76. The van der Waals surface area contributed by atoms with Gasteiger partial charge in [0.1, 0.15) is 5.82 Å². The molecule has 0 saturated heterocycles. The number of imidazole rings is 1. The Morgan fingerprint density at radius 2 is 2.00 bits per heavy atom. The fourth-order valence-corrected chi connectivity index (χ4v) is 3.00. The lowest BCUT2D eigenvalue weighted by atomic mass is 9.93. The Bertz CT molecular complexity index is 881. The number of hydrogen-bond acceptors (Lipinski definition) is 6. The molecule has 0 radical (unpaired) electrons. The van der Waals surface area contributed by atoms with Crippen molar-refractivity contribution in [1.82, 2.24) is 14.6 Å². The number of fused-ring (bicyclic) bond motifs is 1. The molecule has 0 amide bonds. The normalized spacial score (nSPS) is 14.5. The topological polar surface area (TPSA) is 106 Å². The van der Waals surface area contributed by atoms with Crippen LogP contribution in [0.4, 0.5) is 28.7 Å². The maximum Gasteiger partial charge on any atom is 0.179 e. The van der Waals surface area contributed by atoms with E-state index in [1.807, 2.05) is 6.07 Å². The van der Waals surface area contributed by atoms with Crippen molar-refractivity contribution in [3.05, 3.63) is 35.5 Å². The monoisotopic (exact) mass is 343 g/mol. The first-order valence-corrected chi connectivity index (χ1v) is 8.20. The lowest BCUT2D eigenvalue weighted by Crippen LogP contribution is -2.27. The third-order valence-electron chi connectivity index (χ3n) is 4.15. The molecule has 0 spiro atoms. The standard InChI is InChI=1S/C16H18ClN7/c17-9-4-10(18)6-12(5-9)22-15-7-13(21-11-2-1-3-11)16-20-8-14(19)24(16)23-15/h4-8,11,21H,1-3,18-19H2,(H,22,23). The average molecular weight is 344 g/mol. The van der Waals surface area contributed by atoms with E-state index in [0.29, 0.717) is 28.4 Å². The highest BCUT2D eigenvalue weighted by Gasteiger charge is 2.19. The number of halogens is 1. The molecule has 0 unspecified atom stereocenters. The Morgan fingerprint density at radius 1 is 1.17 bits per heavy atom. The third-order valence-corrected chi connectivity index (χ3v) is 4.37. The molecule has 2 heterocycles. The number of hydrogen-bond donors (Lipinski definition) is 4. The van der Waals surface area contributed by atoms with Gasteiger partial charge in [-0.25, -0.2) is 4.98 Å². The van der Waals surface area contributed by atoms with Crippen molar-refractivity contribution in [3.8, 4) is 0 Å². The molecule has 0 aliphatic heterocycles. The summed E-state index contributed by atoms with van der Waals surface area (Å²) in [6.07, 6.45) is 5.19. The van der Waals surface area contributed by atoms with Crippen molar-refractivity contribution in [1.29, 1.82) is 0 Å². The molecule has 8 heteroatoms. The number of nitrogens with one attached hydrogen (secondary N) is 2. The van der Waals surface area contributed by atoms with E-state index < -0.39 is 0 Å². The predicted octanol–water partition coefficient (Wildman–Crippen LogP) is 3.26. The van der Waals surface area contributed by atoms with Crippen LogP contribution in [0.2, 0.25) is 5.02 Å². The van der Waals surface area contributed by atoms with Crippen LogP contribution in [0.25, 0.3) is 5.65 Å². The number of nitrogens with two attached hydrogens (primary N) is 2. The number of anilines is 5. The quantitative estimate of drug-likeness (QED) is 0.542. The molecule has 0 atom stereocenters. The summed E-state index contributed by atoms with van der Waals surface area (Å²) in [5.74, 6) is 1.12. The largest absolute Gasteiger partial charge is 0.399 e. The molecule has 1 aliphatic carbocycles. The minimum absolute atomic E-state index is 0.476. The fraction of sp³-hybridized carbons (Fsp3) is 0.250. The van der Waals surface area contributed by atoms with Gasteiger partial charge in [0.15, 0.2) is 11.5 Å². The van der Waals surface area contributed by atoms with Gasteiger partial charge in [0.05, 0.1) is 11.9 Å². The summed E-state index contributed by atoms with van der Waals surface area (Å²) < 4.78 is 1.62. The van der Waals surface area contributed by atoms with Crippen LogP contribution < -0.4 is 22.1 Å². The highest BCUT2D eigenvalue weighted by atomic mass is 35.5. The van der Waals surface area contributed by atoms with Crippen LogP contribution in [0.1, 0.15) is 19.3 Å². The molecule has 1 fully saturated rings. The molecule has 0 bridgehead atoms. The van der Waals surface area contributed by atoms with Crippen LogP contribution in [0, 0.1) is 0 Å². The number of aromatic nitrogens is 3. The molecule has 4 rings (SSSR count). The number of rotatable bonds is 4. The first-order chi connectivity index (χ1) is 11.6. The second kappa shape index (κ2) is 5.76. The van der Waals surface area contributed by atoms with Crippen molar-refractivity contribution in [3.63, 3.8) is 0 Å². The van der Waals surface area contributed by atoms with E-state index in [1.54, 1.807) is 28.9 Å². The minimum atomic E-state index is 0.476. The maximum absolute atomic E-state index is 6.06. The van der Waals surface area contributed by atoms with Crippen molar-refractivity contribution in [2.24, 2.45) is 0 Å². The Kier molecular flexibility index (Phi) is 3.57. The summed E-state index contributed by atoms with van der Waals surface area (Å²) >= 11 is 6.06. The van der Waals surface area contributed by atoms with E-state index >= 15 is 0 Å². The molecule has 7 nitrogen and oxygen atoms in total. The molecule has 1 aromatic carbocycles. The van der Waals surface area contributed by atoms with Crippen LogP contribution in [-0.4, -0.2) is 20.6 Å². The van der Waals surface area contributed by atoms with E-state index in [1.165, 1.54) is 6.42 Å². The zero-order valence-corrected chi connectivity index (χ0v) is 13.7. The Labute approximate surface area is 144 Å². The van der Waals surface area contributed by atoms with E-state index in [-0.39, 0.29) is 0 Å². The van der Waals surface area contributed by atoms with Crippen LogP contribution in [0.15, 0.2) is 30.5 Å². The lowest BCUT2D eigenvalue weighted by Gasteiger charge is -2.27. The number of benzene rings is 1. The number of nitrogen functional groups attached to an aromatic ring is 2. The van der Waals surface area contributed by atoms with Crippen molar-refractivity contribution < 1.29 is 0 Å². The van der Waals surface area contributed by atoms with Crippen LogP contribution in [0.3, 0.4) is 0 Å². The summed E-state index contributed by atoms with van der Waals surface area (Å²) in [6.45, 7) is 0. The van der Waals surface area contributed by atoms with Crippen molar-refractivity contribution in [2.75, 3.05) is 22.1 Å². The van der Waals surface area contributed by atoms with Gasteiger partial charge in [-0.05, 0) is 37.5 Å². The van der Waals surface area contributed by atoms with Gasteiger partial charge in [-0.1, -0.05) is 11.6 Å². The summed E-state index contributed by atoms with van der Waals surface area (Å²) in [4.78, 5) is 4.35. The second-order valence-corrected chi connectivity index (χ2v) is 6.47. The van der Waals surface area contributed by atoms with Gasteiger partial charge >= 0.3 is 0 Å². The second-order valence-electron chi connectivity index (χ2n) is 6.03. The Hall–Kier alpha value is -2.67. The SMILES string of the molecule is Nc1cc(Cl)cc(Nc2cc(NC3CCC3)c3ncc(N)n3n2)c1. The smallest absolute Gasteiger partial charge is 0.179 e. The first kappa shape index (κ1) is 14.9. The molecule has 6 N–H and O–H groups in total. The molecular formula is C16H18ClN7. The van der Waals surface area contributed by atoms with Gasteiger partial charge < -0.3 is 22.1 Å². The van der Waals surface area contributed by atoms with Gasteiger partial charge in [-0.2, -0.15) is 4.52 Å². The van der Waals surface area contributed by atoms with Gasteiger partial charge in [-0.3, -0.25) is 0 Å². The van der Waals surface area contributed by atoms with Crippen LogP contribution in [-0.2, 0) is 0 Å². The number of nitrogens with zero attached hydrogens (tertiary/aromatic N) is 3. The molecule has 2 aromatic heterocycles. The first-order valence-electron chi connectivity index (χ1n) is 7.82. The summed E-state index contributed by atoms with van der Waals surface area (Å²) in [5, 5.41) is 11.8. The van der Waals surface area contributed by atoms with Gasteiger partial charge in [0.2, 0.25) is 0 Å². The average Bonchev–Trinajstić information content (AvgIpc) is 2.83. The maximum atomic E-state index is 6.06. The molecule has 1 aliphatic rings. The third kappa shape index (κ3) is 2.78. The van der Waals surface area contributed by atoms with E-state index in [4.69, 9.17) is 23.1 Å². The Balaban J connectivity index is 1.72. The highest BCUT2D eigenvalue weighted by molar-refractivity contribution is 6.31. The van der Waals surface area contributed by atoms with E-state index in [9.17, 15) is 0 Å². The molecule has 124 valence electrons.